The molecule has 0 spiro atoms. The molecule has 82 valence electrons. The summed E-state index contributed by atoms with van der Waals surface area (Å²) in [6.45, 7) is 1.96. The van der Waals surface area contributed by atoms with Gasteiger partial charge in [0, 0.05) is 11.9 Å². The van der Waals surface area contributed by atoms with E-state index in [0.29, 0.717) is 5.82 Å². The van der Waals surface area contributed by atoms with Gasteiger partial charge in [0.05, 0.1) is 0 Å². The van der Waals surface area contributed by atoms with Gasteiger partial charge >= 0.3 is 6.03 Å². The summed E-state index contributed by atoms with van der Waals surface area (Å²) >= 11 is 0. The Morgan fingerprint density at radius 3 is 2.56 bits per heavy atom. The highest BCUT2D eigenvalue weighted by atomic mass is 16.2. The van der Waals surface area contributed by atoms with Gasteiger partial charge in [-0.25, -0.2) is 4.79 Å². The first kappa shape index (κ1) is 10.3. The number of para-hydroxylation sites is 1. The molecular weight excluding hydrogens is 202 g/mol. The average molecular weight is 215 g/mol. The van der Waals surface area contributed by atoms with Crippen molar-refractivity contribution in [2.24, 2.45) is 0 Å². The zero-order valence-corrected chi connectivity index (χ0v) is 8.95. The summed E-state index contributed by atoms with van der Waals surface area (Å²) in [5.74, 6) is 0.686. The number of hydrogen-bond acceptors (Lipinski definition) is 1. The molecule has 2 rings (SSSR count). The van der Waals surface area contributed by atoms with Crippen molar-refractivity contribution in [2.75, 3.05) is 10.6 Å². The van der Waals surface area contributed by atoms with Gasteiger partial charge in [-0.2, -0.15) is 0 Å². The normalized spacial score (nSPS) is 9.81. The van der Waals surface area contributed by atoms with Crippen LogP contribution in [0.15, 0.2) is 42.6 Å². The van der Waals surface area contributed by atoms with Crippen molar-refractivity contribution in [3.63, 3.8) is 0 Å². The maximum Gasteiger partial charge on any atom is 0.324 e. The first-order chi connectivity index (χ1) is 7.74. The molecule has 0 radical (unpaired) electrons. The Bertz CT molecular complexity index is 476. The van der Waals surface area contributed by atoms with Gasteiger partial charge in [0.2, 0.25) is 0 Å². The molecule has 1 heterocycles. The highest BCUT2D eigenvalue weighted by Crippen LogP contribution is 2.09. The van der Waals surface area contributed by atoms with Gasteiger partial charge in [-0.15, -0.1) is 0 Å². The third kappa shape index (κ3) is 2.63. The van der Waals surface area contributed by atoms with E-state index in [1.54, 1.807) is 0 Å². The molecule has 0 aliphatic rings. The molecule has 0 aliphatic heterocycles. The minimum absolute atomic E-state index is 0.256. The van der Waals surface area contributed by atoms with Gasteiger partial charge in [0.15, 0.2) is 0 Å². The Morgan fingerprint density at radius 2 is 1.94 bits per heavy atom. The number of nitrogens with one attached hydrogen (secondary N) is 3. The Balaban J connectivity index is 1.95. The predicted octanol–water partition coefficient (Wildman–Crippen LogP) is 2.97. The van der Waals surface area contributed by atoms with Crippen LogP contribution in [0.5, 0.6) is 0 Å². The van der Waals surface area contributed by atoms with Crippen LogP contribution in [0.2, 0.25) is 0 Å². The van der Waals surface area contributed by atoms with Crippen molar-refractivity contribution in [1.29, 1.82) is 0 Å². The van der Waals surface area contributed by atoms with Gasteiger partial charge in [-0.1, -0.05) is 18.2 Å². The van der Waals surface area contributed by atoms with Crippen LogP contribution in [0.4, 0.5) is 16.3 Å². The summed E-state index contributed by atoms with van der Waals surface area (Å²) in [6, 6.07) is 10.9. The van der Waals surface area contributed by atoms with Gasteiger partial charge in [-0.05, 0) is 30.7 Å². The predicted molar refractivity (Wildman–Crippen MR) is 64.6 cm³/mol. The second-order valence-corrected chi connectivity index (χ2v) is 3.54. The smallest absolute Gasteiger partial charge is 0.324 e. The maximum atomic E-state index is 11.5. The number of rotatable bonds is 2. The summed E-state index contributed by atoms with van der Waals surface area (Å²) in [6.07, 6.45) is 1.83. The van der Waals surface area contributed by atoms with Gasteiger partial charge < -0.3 is 10.3 Å². The standard InChI is InChI=1S/C12H13N3O/c1-9-7-11(13-8-9)15-12(16)14-10-5-3-2-4-6-10/h2-8,13H,1H3,(H2,14,15,16). The average Bonchev–Trinajstić information content (AvgIpc) is 2.65. The lowest BCUT2D eigenvalue weighted by atomic mass is 10.3. The molecular formula is C12H13N3O. The number of anilines is 2. The van der Waals surface area contributed by atoms with E-state index >= 15 is 0 Å². The van der Waals surface area contributed by atoms with Gasteiger partial charge in [0.25, 0.3) is 0 Å². The number of urea groups is 1. The molecule has 1 aromatic heterocycles. The van der Waals surface area contributed by atoms with Crippen LogP contribution in [0.25, 0.3) is 0 Å². The molecule has 0 bridgehead atoms. The molecule has 0 saturated heterocycles. The quantitative estimate of drug-likeness (QED) is 0.708. The van der Waals surface area contributed by atoms with Crippen LogP contribution in [-0.2, 0) is 0 Å². The largest absolute Gasteiger partial charge is 0.348 e. The Labute approximate surface area is 93.7 Å². The molecule has 2 amide bonds. The van der Waals surface area contributed by atoms with Crippen molar-refractivity contribution >= 4 is 17.5 Å². The molecule has 1 aromatic carbocycles. The van der Waals surface area contributed by atoms with Crippen LogP contribution >= 0.6 is 0 Å². The van der Waals surface area contributed by atoms with Crippen molar-refractivity contribution in [2.45, 2.75) is 6.92 Å². The van der Waals surface area contributed by atoms with E-state index < -0.39 is 0 Å². The van der Waals surface area contributed by atoms with Crippen LogP contribution < -0.4 is 10.6 Å². The fourth-order valence-electron chi connectivity index (χ4n) is 1.38. The topological polar surface area (TPSA) is 56.9 Å². The van der Waals surface area contributed by atoms with Crippen molar-refractivity contribution < 1.29 is 4.79 Å². The van der Waals surface area contributed by atoms with Gasteiger partial charge in [-0.3, -0.25) is 5.32 Å². The molecule has 2 aromatic rings. The number of H-pyrrole nitrogens is 1. The van der Waals surface area contributed by atoms with E-state index in [1.807, 2.05) is 49.5 Å². The number of benzene rings is 1. The van der Waals surface area contributed by atoms with E-state index in [1.165, 1.54) is 0 Å². The highest BCUT2D eigenvalue weighted by Gasteiger charge is 2.02. The van der Waals surface area contributed by atoms with Crippen molar-refractivity contribution in [3.05, 3.63) is 48.2 Å². The number of carbonyl (C=O) groups excluding carboxylic acids is 1. The van der Waals surface area contributed by atoms with Crippen LogP contribution in [-0.4, -0.2) is 11.0 Å². The summed E-state index contributed by atoms with van der Waals surface area (Å²) in [7, 11) is 0. The fourth-order valence-corrected chi connectivity index (χ4v) is 1.38. The molecule has 0 unspecified atom stereocenters. The number of amides is 2. The molecule has 4 heteroatoms. The molecule has 0 fully saturated rings. The maximum absolute atomic E-state index is 11.5. The summed E-state index contributed by atoms with van der Waals surface area (Å²) in [5, 5.41) is 5.44. The molecule has 0 aliphatic carbocycles. The zero-order valence-electron chi connectivity index (χ0n) is 8.95. The highest BCUT2D eigenvalue weighted by molar-refractivity contribution is 5.99. The summed E-state index contributed by atoms with van der Waals surface area (Å²) in [5.41, 5.74) is 1.85. The number of aromatic nitrogens is 1. The Hall–Kier alpha value is -2.23. The lowest BCUT2D eigenvalue weighted by Crippen LogP contribution is -2.19. The van der Waals surface area contributed by atoms with E-state index in [2.05, 4.69) is 15.6 Å². The molecule has 3 N–H and O–H groups in total. The number of aryl methyl sites for hydroxylation is 1. The summed E-state index contributed by atoms with van der Waals surface area (Å²) < 4.78 is 0. The van der Waals surface area contributed by atoms with Crippen molar-refractivity contribution in [3.8, 4) is 0 Å². The van der Waals surface area contributed by atoms with E-state index in [0.717, 1.165) is 11.3 Å². The van der Waals surface area contributed by atoms with Crippen LogP contribution in [0.1, 0.15) is 5.56 Å². The van der Waals surface area contributed by atoms with E-state index in [9.17, 15) is 4.79 Å². The van der Waals surface area contributed by atoms with E-state index in [-0.39, 0.29) is 6.03 Å². The molecule has 0 atom stereocenters. The lowest BCUT2D eigenvalue weighted by molar-refractivity contribution is 0.262. The molecule has 0 saturated carbocycles. The number of aromatic amines is 1. The number of carbonyl (C=O) groups is 1. The minimum atomic E-state index is -0.256. The SMILES string of the molecule is Cc1c[nH]c(NC(=O)Nc2ccccc2)c1. The van der Waals surface area contributed by atoms with Gasteiger partial charge in [0.1, 0.15) is 5.82 Å². The fraction of sp³-hybridized carbons (Fsp3) is 0.0833. The number of hydrogen-bond donors (Lipinski definition) is 3. The molecule has 4 nitrogen and oxygen atoms in total. The van der Waals surface area contributed by atoms with Crippen LogP contribution in [0.3, 0.4) is 0 Å². The molecule has 16 heavy (non-hydrogen) atoms. The first-order valence-electron chi connectivity index (χ1n) is 5.02. The lowest BCUT2D eigenvalue weighted by Gasteiger charge is -2.05. The Kier molecular flexibility index (Phi) is 2.91. The van der Waals surface area contributed by atoms with Crippen LogP contribution in [0, 0.1) is 6.92 Å². The third-order valence-electron chi connectivity index (χ3n) is 2.11. The third-order valence-corrected chi connectivity index (χ3v) is 2.11. The zero-order chi connectivity index (χ0) is 11.4. The summed E-state index contributed by atoms with van der Waals surface area (Å²) in [4.78, 5) is 14.5. The van der Waals surface area contributed by atoms with Crippen molar-refractivity contribution in [1.82, 2.24) is 4.98 Å². The van der Waals surface area contributed by atoms with E-state index in [4.69, 9.17) is 0 Å². The monoisotopic (exact) mass is 215 g/mol. The minimum Gasteiger partial charge on any atom is -0.348 e. The second-order valence-electron chi connectivity index (χ2n) is 3.54. The Morgan fingerprint density at radius 1 is 1.19 bits per heavy atom. The second kappa shape index (κ2) is 4.53. The first-order valence-corrected chi connectivity index (χ1v) is 5.02.